The number of phosphoric acid groups is 1. The van der Waals surface area contributed by atoms with Gasteiger partial charge in [-0.3, -0.25) is 18.6 Å². The number of allylic oxidation sites excluding steroid dienone is 4. The molecule has 0 saturated carbocycles. The quantitative estimate of drug-likeness (QED) is 0.0212. The number of carbonyl (C=O) groups excluding carboxylic acids is 2. The molecule has 0 aromatic heterocycles. The monoisotopic (exact) mass is 843 g/mol. The van der Waals surface area contributed by atoms with Gasteiger partial charge in [-0.25, -0.2) is 4.57 Å². The smallest absolute Gasteiger partial charge is 0.462 e. The van der Waals surface area contributed by atoms with Crippen LogP contribution in [0.5, 0.6) is 0 Å². The fourth-order valence-corrected chi connectivity index (χ4v) is 7.39. The number of likely N-dealkylation sites (N-methyl/N-ethyl adjacent to an activating group) is 1. The van der Waals surface area contributed by atoms with Crippen molar-refractivity contribution in [1.29, 1.82) is 0 Å². The minimum Gasteiger partial charge on any atom is -0.462 e. The zero-order valence-corrected chi connectivity index (χ0v) is 39.4. The topological polar surface area (TPSA) is 108 Å². The van der Waals surface area contributed by atoms with Crippen LogP contribution in [-0.4, -0.2) is 74.9 Å². The average Bonchev–Trinajstić information content (AvgIpc) is 3.17. The number of rotatable bonds is 44. The molecule has 0 radical (unpaired) electrons. The minimum absolute atomic E-state index is 0.0315. The average molecular weight is 843 g/mol. The first-order chi connectivity index (χ1) is 28.0. The minimum atomic E-state index is -4.38. The van der Waals surface area contributed by atoms with Crippen molar-refractivity contribution in [3.8, 4) is 0 Å². The molecule has 0 amide bonds. The van der Waals surface area contributed by atoms with Crippen molar-refractivity contribution < 1.29 is 42.1 Å². The van der Waals surface area contributed by atoms with Crippen molar-refractivity contribution in [2.45, 2.75) is 225 Å². The number of phosphoric ester groups is 1. The highest BCUT2D eigenvalue weighted by Crippen LogP contribution is 2.43. The van der Waals surface area contributed by atoms with E-state index in [1.54, 1.807) is 0 Å². The molecule has 0 aromatic carbocycles. The van der Waals surface area contributed by atoms with Crippen LogP contribution < -0.4 is 0 Å². The van der Waals surface area contributed by atoms with Gasteiger partial charge in [-0.2, -0.15) is 0 Å². The van der Waals surface area contributed by atoms with Gasteiger partial charge in [0.1, 0.15) is 19.8 Å². The van der Waals surface area contributed by atoms with Crippen LogP contribution in [0.2, 0.25) is 0 Å². The number of carbonyl (C=O) groups is 2. The lowest BCUT2D eigenvalue weighted by Gasteiger charge is -2.24. The Labute approximate surface area is 358 Å². The summed E-state index contributed by atoms with van der Waals surface area (Å²) in [7, 11) is 1.48. The third-order valence-electron chi connectivity index (χ3n) is 10.5. The number of nitrogens with zero attached hydrogens (tertiary/aromatic N) is 1. The molecule has 10 heteroatoms. The van der Waals surface area contributed by atoms with E-state index in [2.05, 4.69) is 38.2 Å². The molecular weight excluding hydrogens is 750 g/mol. The van der Waals surface area contributed by atoms with Gasteiger partial charge in [0.2, 0.25) is 0 Å². The largest absolute Gasteiger partial charge is 0.472 e. The summed E-state index contributed by atoms with van der Waals surface area (Å²) in [6, 6.07) is 0. The normalized spacial score (nSPS) is 13.7. The predicted molar refractivity (Wildman–Crippen MR) is 243 cm³/mol. The van der Waals surface area contributed by atoms with Gasteiger partial charge in [0.05, 0.1) is 27.7 Å². The highest BCUT2D eigenvalue weighted by Gasteiger charge is 2.27. The molecule has 2 atom stereocenters. The maximum atomic E-state index is 12.7. The SMILES string of the molecule is CCCCCCCC/C=C/CCCCCCCCCC(=O)OC[C@H](COP(=O)(O)OCC[N+](C)(C)C)OC(=O)CCCCCCCCC/C=C/CCCCCCCC. The van der Waals surface area contributed by atoms with E-state index in [0.29, 0.717) is 17.4 Å². The van der Waals surface area contributed by atoms with Crippen LogP contribution in [0.25, 0.3) is 0 Å². The van der Waals surface area contributed by atoms with Crippen LogP contribution in [0, 0.1) is 0 Å². The Balaban J connectivity index is 4.30. The third-order valence-corrected chi connectivity index (χ3v) is 11.4. The van der Waals surface area contributed by atoms with Crippen LogP contribution in [0.15, 0.2) is 24.3 Å². The van der Waals surface area contributed by atoms with Crippen molar-refractivity contribution in [2.75, 3.05) is 47.5 Å². The van der Waals surface area contributed by atoms with Crippen LogP contribution in [0.3, 0.4) is 0 Å². The Morgan fingerprint density at radius 1 is 0.517 bits per heavy atom. The lowest BCUT2D eigenvalue weighted by Crippen LogP contribution is -2.37. The number of quaternary nitrogens is 1. The van der Waals surface area contributed by atoms with E-state index in [4.69, 9.17) is 18.5 Å². The first kappa shape index (κ1) is 56.5. The van der Waals surface area contributed by atoms with Crippen molar-refractivity contribution >= 4 is 19.8 Å². The molecule has 0 aromatic rings. The number of esters is 2. The molecule has 9 nitrogen and oxygen atoms in total. The van der Waals surface area contributed by atoms with Crippen LogP contribution >= 0.6 is 7.82 Å². The molecule has 58 heavy (non-hydrogen) atoms. The van der Waals surface area contributed by atoms with Gasteiger partial charge in [0.25, 0.3) is 0 Å². The molecule has 0 rings (SSSR count). The van der Waals surface area contributed by atoms with Gasteiger partial charge in [0, 0.05) is 12.8 Å². The summed E-state index contributed by atoms with van der Waals surface area (Å²) in [5, 5.41) is 0. The number of hydrogen-bond donors (Lipinski definition) is 1. The Hall–Kier alpha value is -1.51. The Bertz CT molecular complexity index is 1040. The molecule has 0 aliphatic carbocycles. The summed E-state index contributed by atoms with van der Waals surface area (Å²) in [4.78, 5) is 35.5. The van der Waals surface area contributed by atoms with Gasteiger partial charge in [-0.1, -0.05) is 167 Å². The molecule has 0 aliphatic heterocycles. The summed E-state index contributed by atoms with van der Waals surface area (Å²) in [5.74, 6) is -0.801. The Kier molecular flexibility index (Phi) is 39.8. The van der Waals surface area contributed by atoms with Crippen molar-refractivity contribution in [3.63, 3.8) is 0 Å². The molecule has 0 saturated heterocycles. The van der Waals surface area contributed by atoms with Crippen molar-refractivity contribution in [1.82, 2.24) is 0 Å². The molecular formula is C48H93NO8P+. The molecule has 0 bridgehead atoms. The molecule has 0 fully saturated rings. The Morgan fingerprint density at radius 2 is 0.879 bits per heavy atom. The fraction of sp³-hybridized carbons (Fsp3) is 0.875. The number of hydrogen-bond acceptors (Lipinski definition) is 7. The first-order valence-corrected chi connectivity index (χ1v) is 25.6. The molecule has 0 heterocycles. The Morgan fingerprint density at radius 3 is 1.28 bits per heavy atom. The van der Waals surface area contributed by atoms with Gasteiger partial charge >= 0.3 is 19.8 Å². The highest BCUT2D eigenvalue weighted by molar-refractivity contribution is 7.47. The predicted octanol–water partition coefficient (Wildman–Crippen LogP) is 13.9. The first-order valence-electron chi connectivity index (χ1n) is 24.1. The van der Waals surface area contributed by atoms with E-state index in [0.717, 1.165) is 44.9 Å². The summed E-state index contributed by atoms with van der Waals surface area (Å²) in [5.41, 5.74) is 0. The van der Waals surface area contributed by atoms with Crippen LogP contribution in [-0.2, 0) is 32.7 Å². The van der Waals surface area contributed by atoms with E-state index >= 15 is 0 Å². The summed E-state index contributed by atoms with van der Waals surface area (Å²) in [6.07, 6.45) is 45.0. The standard InChI is InChI=1S/C48H92NO8P/c1-6-8-10-12-14-16-18-20-22-24-26-28-30-32-34-36-38-40-47(50)54-44-46(45-56-58(52,53)55-43-42-49(3,4)5)57-48(51)41-39-37-35-33-31-29-27-25-23-21-19-17-15-13-11-9-7-2/h20-23,46H,6-19,24-45H2,1-5H3/p+1/b22-20+,23-21+/t46-/m1/s1. The second-order valence-electron chi connectivity index (χ2n) is 17.5. The van der Waals surface area contributed by atoms with E-state index in [9.17, 15) is 19.0 Å². The van der Waals surface area contributed by atoms with E-state index < -0.39 is 26.5 Å². The second-order valence-corrected chi connectivity index (χ2v) is 18.9. The lowest BCUT2D eigenvalue weighted by atomic mass is 10.1. The molecule has 0 aliphatic rings. The van der Waals surface area contributed by atoms with Gasteiger partial charge < -0.3 is 18.9 Å². The molecule has 0 spiro atoms. The summed E-state index contributed by atoms with van der Waals surface area (Å²) < 4.78 is 34.4. The molecule has 342 valence electrons. The van der Waals surface area contributed by atoms with E-state index in [-0.39, 0.29) is 32.0 Å². The molecule has 1 N–H and O–H groups in total. The maximum absolute atomic E-state index is 12.7. The number of ether oxygens (including phenoxy) is 2. The van der Waals surface area contributed by atoms with Crippen molar-refractivity contribution in [3.05, 3.63) is 24.3 Å². The maximum Gasteiger partial charge on any atom is 0.472 e. The van der Waals surface area contributed by atoms with Crippen LogP contribution in [0.4, 0.5) is 0 Å². The summed E-state index contributed by atoms with van der Waals surface area (Å²) in [6.45, 7) is 4.43. The lowest BCUT2D eigenvalue weighted by molar-refractivity contribution is -0.870. The highest BCUT2D eigenvalue weighted by atomic mass is 31.2. The third kappa shape index (κ3) is 44.1. The second kappa shape index (κ2) is 40.9. The zero-order chi connectivity index (χ0) is 42.8. The zero-order valence-electron chi connectivity index (χ0n) is 38.5. The van der Waals surface area contributed by atoms with Gasteiger partial charge in [-0.05, 0) is 64.2 Å². The van der Waals surface area contributed by atoms with Crippen LogP contribution in [0.1, 0.15) is 219 Å². The fourth-order valence-electron chi connectivity index (χ4n) is 6.65. The van der Waals surface area contributed by atoms with E-state index in [1.807, 2.05) is 21.1 Å². The molecule has 1 unspecified atom stereocenters. The van der Waals surface area contributed by atoms with E-state index in [1.165, 1.54) is 141 Å². The number of unbranched alkanes of at least 4 members (excludes halogenated alkanes) is 26. The van der Waals surface area contributed by atoms with Gasteiger partial charge in [-0.15, -0.1) is 0 Å². The van der Waals surface area contributed by atoms with Gasteiger partial charge in [0.15, 0.2) is 6.10 Å². The summed E-state index contributed by atoms with van der Waals surface area (Å²) >= 11 is 0. The van der Waals surface area contributed by atoms with Crippen molar-refractivity contribution in [2.24, 2.45) is 0 Å².